The summed E-state index contributed by atoms with van der Waals surface area (Å²) in [5, 5.41) is 11.5. The van der Waals surface area contributed by atoms with Crippen LogP contribution < -0.4 is 15.2 Å². The molecule has 0 aromatic heterocycles. The second-order valence-electron chi connectivity index (χ2n) is 6.22. The molecular formula is C23H19BrN2O2S. The van der Waals surface area contributed by atoms with Crippen molar-refractivity contribution in [2.24, 2.45) is 5.73 Å². The van der Waals surface area contributed by atoms with Crippen LogP contribution in [-0.4, -0.2) is 11.6 Å². The monoisotopic (exact) mass is 466 g/mol. The average Bonchev–Trinajstić information content (AvgIpc) is 2.71. The first kappa shape index (κ1) is 20.8. The van der Waals surface area contributed by atoms with Gasteiger partial charge in [-0.25, -0.2) is 0 Å². The number of nitriles is 1. The van der Waals surface area contributed by atoms with Gasteiger partial charge in [-0.05, 0) is 63.0 Å². The summed E-state index contributed by atoms with van der Waals surface area (Å²) in [5.41, 5.74) is 7.65. The first-order valence-electron chi connectivity index (χ1n) is 9.01. The van der Waals surface area contributed by atoms with Gasteiger partial charge in [-0.2, -0.15) is 5.26 Å². The van der Waals surface area contributed by atoms with Gasteiger partial charge in [-0.3, -0.25) is 0 Å². The molecule has 6 heteroatoms. The molecular weight excluding hydrogens is 448 g/mol. The standard InChI is InChI=1S/C23H19BrN2O2S/c1-2-27-21-12-15(10-18(13-25)23(26)29)11-20(24)22(21)28-14-17-8-5-7-16-6-3-4-9-19(16)17/h3-12H,2,14H2,1H3,(H2,26,29)/b18-10+. The molecule has 4 nitrogen and oxygen atoms in total. The third-order valence-electron chi connectivity index (χ3n) is 4.28. The number of hydrogen-bond donors (Lipinski definition) is 1. The Hall–Kier alpha value is -2.88. The van der Waals surface area contributed by atoms with Crippen LogP contribution in [0.4, 0.5) is 0 Å². The zero-order valence-electron chi connectivity index (χ0n) is 15.8. The maximum Gasteiger partial charge on any atom is 0.175 e. The van der Waals surface area contributed by atoms with Crippen molar-refractivity contribution in [3.8, 4) is 17.6 Å². The zero-order chi connectivity index (χ0) is 20.8. The first-order chi connectivity index (χ1) is 14.0. The van der Waals surface area contributed by atoms with Crippen molar-refractivity contribution in [1.29, 1.82) is 5.26 Å². The molecule has 0 saturated carbocycles. The molecule has 0 unspecified atom stereocenters. The van der Waals surface area contributed by atoms with E-state index in [9.17, 15) is 5.26 Å². The van der Waals surface area contributed by atoms with Gasteiger partial charge in [0.15, 0.2) is 11.5 Å². The molecule has 0 aliphatic heterocycles. The fraction of sp³-hybridized carbons (Fsp3) is 0.130. The Morgan fingerprint density at radius 1 is 1.17 bits per heavy atom. The van der Waals surface area contributed by atoms with Crippen molar-refractivity contribution in [1.82, 2.24) is 0 Å². The maximum atomic E-state index is 9.20. The molecule has 2 N–H and O–H groups in total. The predicted molar refractivity (Wildman–Crippen MR) is 124 cm³/mol. The van der Waals surface area contributed by atoms with E-state index in [2.05, 4.69) is 40.2 Å². The van der Waals surface area contributed by atoms with Gasteiger partial charge in [0.2, 0.25) is 0 Å². The minimum atomic E-state index is 0.0536. The highest BCUT2D eigenvalue weighted by Crippen LogP contribution is 2.38. The van der Waals surface area contributed by atoms with Gasteiger partial charge in [-0.15, -0.1) is 0 Å². The second-order valence-corrected chi connectivity index (χ2v) is 7.52. The van der Waals surface area contributed by atoms with Crippen LogP contribution >= 0.6 is 28.1 Å². The van der Waals surface area contributed by atoms with Crippen LogP contribution in [0.25, 0.3) is 16.8 Å². The quantitative estimate of drug-likeness (QED) is 0.271. The lowest BCUT2D eigenvalue weighted by Gasteiger charge is -2.16. The van der Waals surface area contributed by atoms with Crippen molar-refractivity contribution in [3.05, 3.63) is 75.8 Å². The molecule has 3 aromatic carbocycles. The van der Waals surface area contributed by atoms with Crippen LogP contribution in [0.2, 0.25) is 0 Å². The molecule has 146 valence electrons. The molecule has 0 heterocycles. The third-order valence-corrected chi connectivity index (χ3v) is 5.09. The van der Waals surface area contributed by atoms with Crippen molar-refractivity contribution >= 4 is 50.0 Å². The topological polar surface area (TPSA) is 68.3 Å². The molecule has 0 amide bonds. The number of nitrogens with two attached hydrogens (primary N) is 1. The molecule has 0 aliphatic carbocycles. The summed E-state index contributed by atoms with van der Waals surface area (Å²) in [7, 11) is 0. The van der Waals surface area contributed by atoms with Crippen LogP contribution in [-0.2, 0) is 6.61 Å². The van der Waals surface area contributed by atoms with Gasteiger partial charge < -0.3 is 15.2 Å². The fourth-order valence-electron chi connectivity index (χ4n) is 2.97. The molecule has 0 bridgehead atoms. The summed E-state index contributed by atoms with van der Waals surface area (Å²) in [6, 6.07) is 20.0. The Bertz CT molecular complexity index is 1130. The summed E-state index contributed by atoms with van der Waals surface area (Å²) >= 11 is 8.47. The Labute approximate surface area is 183 Å². The van der Waals surface area contributed by atoms with Crippen molar-refractivity contribution in [2.75, 3.05) is 6.61 Å². The van der Waals surface area contributed by atoms with Gasteiger partial charge in [-0.1, -0.05) is 54.7 Å². The lowest BCUT2D eigenvalue weighted by molar-refractivity contribution is 0.268. The van der Waals surface area contributed by atoms with Gasteiger partial charge in [0.05, 0.1) is 16.7 Å². The van der Waals surface area contributed by atoms with E-state index >= 15 is 0 Å². The van der Waals surface area contributed by atoms with E-state index in [0.29, 0.717) is 24.7 Å². The number of rotatable bonds is 7. The van der Waals surface area contributed by atoms with Crippen LogP contribution in [0.5, 0.6) is 11.5 Å². The Morgan fingerprint density at radius 2 is 1.93 bits per heavy atom. The number of thiocarbonyl (C=S) groups is 1. The minimum absolute atomic E-state index is 0.0536. The largest absolute Gasteiger partial charge is 0.490 e. The number of benzene rings is 3. The minimum Gasteiger partial charge on any atom is -0.490 e. The van der Waals surface area contributed by atoms with Crippen molar-refractivity contribution in [2.45, 2.75) is 13.5 Å². The van der Waals surface area contributed by atoms with E-state index in [1.807, 2.05) is 43.3 Å². The summed E-state index contributed by atoms with van der Waals surface area (Å²) in [5.74, 6) is 1.18. The van der Waals surface area contributed by atoms with Crippen LogP contribution in [0.3, 0.4) is 0 Å². The highest BCUT2D eigenvalue weighted by Gasteiger charge is 2.13. The Balaban J connectivity index is 1.94. The van der Waals surface area contributed by atoms with Gasteiger partial charge in [0.1, 0.15) is 17.7 Å². The summed E-state index contributed by atoms with van der Waals surface area (Å²) in [6.07, 6.45) is 1.63. The normalized spacial score (nSPS) is 11.1. The maximum absolute atomic E-state index is 9.20. The molecule has 0 spiro atoms. The highest BCUT2D eigenvalue weighted by molar-refractivity contribution is 9.10. The average molecular weight is 467 g/mol. The molecule has 0 aliphatic rings. The van der Waals surface area contributed by atoms with Crippen LogP contribution in [0, 0.1) is 11.3 Å². The van der Waals surface area contributed by atoms with E-state index in [-0.39, 0.29) is 10.6 Å². The Morgan fingerprint density at radius 3 is 2.66 bits per heavy atom. The van der Waals surface area contributed by atoms with Gasteiger partial charge in [0.25, 0.3) is 0 Å². The van der Waals surface area contributed by atoms with Crippen molar-refractivity contribution < 1.29 is 9.47 Å². The molecule has 3 aromatic rings. The molecule has 0 atom stereocenters. The predicted octanol–water partition coefficient (Wildman–Crippen LogP) is 5.77. The van der Waals surface area contributed by atoms with Crippen molar-refractivity contribution in [3.63, 3.8) is 0 Å². The van der Waals surface area contributed by atoms with Gasteiger partial charge in [0, 0.05) is 0 Å². The van der Waals surface area contributed by atoms with E-state index in [4.69, 9.17) is 27.4 Å². The number of nitrogens with zero attached hydrogens (tertiary/aromatic N) is 1. The fourth-order valence-corrected chi connectivity index (χ4v) is 3.65. The van der Waals surface area contributed by atoms with E-state index in [1.54, 1.807) is 6.08 Å². The number of halogens is 1. The SMILES string of the molecule is CCOc1cc(/C=C(\C#N)C(N)=S)cc(Br)c1OCc1cccc2ccccc12. The van der Waals surface area contributed by atoms with E-state index < -0.39 is 0 Å². The second kappa shape index (κ2) is 9.55. The molecule has 0 saturated heterocycles. The molecule has 3 rings (SSSR count). The molecule has 0 fully saturated rings. The highest BCUT2D eigenvalue weighted by atomic mass is 79.9. The first-order valence-corrected chi connectivity index (χ1v) is 10.2. The summed E-state index contributed by atoms with van der Waals surface area (Å²) < 4.78 is 12.6. The Kier molecular flexibility index (Phi) is 6.86. The third kappa shape index (κ3) is 4.94. The number of ether oxygens (including phenoxy) is 2. The molecule has 29 heavy (non-hydrogen) atoms. The lowest BCUT2D eigenvalue weighted by atomic mass is 10.1. The molecule has 0 radical (unpaired) electrons. The van der Waals surface area contributed by atoms with Gasteiger partial charge >= 0.3 is 0 Å². The number of hydrogen-bond acceptors (Lipinski definition) is 4. The summed E-state index contributed by atoms with van der Waals surface area (Å²) in [6.45, 7) is 2.77. The van der Waals surface area contributed by atoms with Crippen LogP contribution in [0.1, 0.15) is 18.1 Å². The smallest absolute Gasteiger partial charge is 0.175 e. The lowest BCUT2D eigenvalue weighted by Crippen LogP contribution is -2.09. The number of fused-ring (bicyclic) bond motifs is 1. The summed E-state index contributed by atoms with van der Waals surface area (Å²) in [4.78, 5) is 0.0536. The van der Waals surface area contributed by atoms with Crippen LogP contribution in [0.15, 0.2) is 64.6 Å². The zero-order valence-corrected chi connectivity index (χ0v) is 18.2. The van der Waals surface area contributed by atoms with E-state index in [1.165, 1.54) is 5.39 Å². The van der Waals surface area contributed by atoms with E-state index in [0.717, 1.165) is 21.0 Å².